The molecule has 2 aliphatic rings. The predicted molar refractivity (Wildman–Crippen MR) is 113 cm³/mol. The van der Waals surface area contributed by atoms with Gasteiger partial charge in [0, 0.05) is 27.2 Å². The molecule has 6 heteroatoms. The molecule has 2 N–H and O–H groups in total. The Morgan fingerprint density at radius 1 is 1.15 bits per heavy atom. The minimum absolute atomic E-state index is 0.239. The van der Waals surface area contributed by atoms with Crippen LogP contribution >= 0.6 is 0 Å². The average Bonchev–Trinajstić information content (AvgIpc) is 3.15. The van der Waals surface area contributed by atoms with Crippen molar-refractivity contribution < 1.29 is 4.79 Å². The largest absolute Gasteiger partial charge is 0.357 e. The second-order valence-corrected chi connectivity index (χ2v) is 8.55. The molecule has 1 amide bonds. The van der Waals surface area contributed by atoms with E-state index in [9.17, 15) is 4.79 Å². The number of guanidine groups is 1. The van der Waals surface area contributed by atoms with Crippen LogP contribution in [0.4, 0.5) is 0 Å². The SMILES string of the molecule is CCCN1CCC(CNC(=NCC2(C(=O)N(C)C)CCCC2)NCC)CC1. The molecule has 0 aromatic heterocycles. The van der Waals surface area contributed by atoms with Gasteiger partial charge in [0.15, 0.2) is 5.96 Å². The van der Waals surface area contributed by atoms with Crippen LogP contribution < -0.4 is 10.6 Å². The lowest BCUT2D eigenvalue weighted by Gasteiger charge is -2.32. The molecule has 0 radical (unpaired) electrons. The van der Waals surface area contributed by atoms with Gasteiger partial charge in [0.05, 0.1) is 12.0 Å². The van der Waals surface area contributed by atoms with Gasteiger partial charge in [0.25, 0.3) is 0 Å². The van der Waals surface area contributed by atoms with Crippen LogP contribution in [0.25, 0.3) is 0 Å². The summed E-state index contributed by atoms with van der Waals surface area (Å²) in [6, 6.07) is 0. The number of carbonyl (C=O) groups excluding carboxylic acids is 1. The molecule has 2 rings (SSSR count). The van der Waals surface area contributed by atoms with Crippen molar-refractivity contribution in [1.29, 1.82) is 0 Å². The molecule has 0 aromatic rings. The Morgan fingerprint density at radius 3 is 2.37 bits per heavy atom. The highest BCUT2D eigenvalue weighted by Crippen LogP contribution is 2.39. The molecule has 27 heavy (non-hydrogen) atoms. The smallest absolute Gasteiger partial charge is 0.230 e. The van der Waals surface area contributed by atoms with Gasteiger partial charge in [-0.05, 0) is 64.6 Å². The number of nitrogens with one attached hydrogen (secondary N) is 2. The Labute approximate surface area is 166 Å². The maximum absolute atomic E-state index is 12.7. The van der Waals surface area contributed by atoms with Crippen molar-refractivity contribution >= 4 is 11.9 Å². The molecule has 1 saturated carbocycles. The third kappa shape index (κ3) is 6.37. The number of rotatable bonds is 8. The van der Waals surface area contributed by atoms with Gasteiger partial charge in [0.2, 0.25) is 5.91 Å². The molecule has 0 aromatic carbocycles. The van der Waals surface area contributed by atoms with Crippen LogP contribution in [0.2, 0.25) is 0 Å². The fourth-order valence-electron chi connectivity index (χ4n) is 4.51. The van der Waals surface area contributed by atoms with Gasteiger partial charge in [-0.25, -0.2) is 0 Å². The molecule has 1 aliphatic heterocycles. The summed E-state index contributed by atoms with van der Waals surface area (Å²) in [5.74, 6) is 1.82. The molecule has 0 atom stereocenters. The van der Waals surface area contributed by atoms with Crippen LogP contribution in [0.1, 0.15) is 58.8 Å². The standard InChI is InChI=1S/C21H41N5O/c1-5-13-26-14-9-18(10-15-26)16-23-20(22-6-2)24-17-21(11-7-8-12-21)19(27)25(3)4/h18H,5-17H2,1-4H3,(H2,22,23,24). The third-order valence-electron chi connectivity index (χ3n) is 6.11. The maximum atomic E-state index is 12.7. The summed E-state index contributed by atoms with van der Waals surface area (Å²) in [6.45, 7) is 10.4. The normalized spacial score (nSPS) is 21.3. The molecule has 2 fully saturated rings. The van der Waals surface area contributed by atoms with Crippen molar-refractivity contribution in [3.8, 4) is 0 Å². The number of hydrogen-bond donors (Lipinski definition) is 2. The Balaban J connectivity index is 1.89. The number of aliphatic imine (C=N–C) groups is 1. The number of hydrogen-bond acceptors (Lipinski definition) is 3. The maximum Gasteiger partial charge on any atom is 0.230 e. The molecule has 1 heterocycles. The summed E-state index contributed by atoms with van der Waals surface area (Å²) in [7, 11) is 3.72. The zero-order valence-electron chi connectivity index (χ0n) is 18.0. The molecule has 156 valence electrons. The van der Waals surface area contributed by atoms with E-state index in [1.807, 2.05) is 14.1 Å². The number of piperidine rings is 1. The zero-order chi connectivity index (χ0) is 19.7. The van der Waals surface area contributed by atoms with E-state index in [-0.39, 0.29) is 11.3 Å². The first-order valence-corrected chi connectivity index (χ1v) is 11.0. The highest BCUT2D eigenvalue weighted by atomic mass is 16.2. The number of carbonyl (C=O) groups is 1. The van der Waals surface area contributed by atoms with Crippen LogP contribution in [0.15, 0.2) is 4.99 Å². The predicted octanol–water partition coefficient (Wildman–Crippen LogP) is 2.31. The number of amides is 1. The van der Waals surface area contributed by atoms with Crippen LogP contribution in [0, 0.1) is 11.3 Å². The highest BCUT2D eigenvalue weighted by Gasteiger charge is 2.42. The van der Waals surface area contributed by atoms with Crippen LogP contribution in [-0.4, -0.2) is 75.0 Å². The second kappa shape index (κ2) is 10.9. The molecule has 1 aliphatic carbocycles. The molecule has 0 unspecified atom stereocenters. The summed E-state index contributed by atoms with van der Waals surface area (Å²) < 4.78 is 0. The molecular weight excluding hydrogens is 338 g/mol. The van der Waals surface area contributed by atoms with Crippen molar-refractivity contribution in [3.05, 3.63) is 0 Å². The van der Waals surface area contributed by atoms with E-state index in [1.165, 1.54) is 38.9 Å². The average molecular weight is 380 g/mol. The molecule has 1 saturated heterocycles. The Morgan fingerprint density at radius 2 is 1.81 bits per heavy atom. The quantitative estimate of drug-likeness (QED) is 0.502. The third-order valence-corrected chi connectivity index (χ3v) is 6.11. The van der Waals surface area contributed by atoms with E-state index in [4.69, 9.17) is 4.99 Å². The Hall–Kier alpha value is -1.30. The van der Waals surface area contributed by atoms with Crippen molar-refractivity contribution in [2.24, 2.45) is 16.3 Å². The van der Waals surface area contributed by atoms with E-state index in [1.54, 1.807) is 4.90 Å². The molecule has 0 spiro atoms. The van der Waals surface area contributed by atoms with Crippen molar-refractivity contribution in [2.75, 3.05) is 53.4 Å². The van der Waals surface area contributed by atoms with E-state index in [2.05, 4.69) is 29.4 Å². The summed E-state index contributed by atoms with van der Waals surface area (Å²) in [4.78, 5) is 21.9. The topological polar surface area (TPSA) is 60.0 Å². The van der Waals surface area contributed by atoms with Gasteiger partial charge in [-0.1, -0.05) is 19.8 Å². The Kier molecular flexibility index (Phi) is 8.87. The summed E-state index contributed by atoms with van der Waals surface area (Å²) in [5.41, 5.74) is -0.294. The van der Waals surface area contributed by atoms with Crippen molar-refractivity contribution in [2.45, 2.75) is 58.8 Å². The minimum atomic E-state index is -0.294. The van der Waals surface area contributed by atoms with E-state index in [0.29, 0.717) is 12.5 Å². The highest BCUT2D eigenvalue weighted by molar-refractivity contribution is 5.84. The minimum Gasteiger partial charge on any atom is -0.357 e. The molecule has 6 nitrogen and oxygen atoms in total. The lowest BCUT2D eigenvalue weighted by Crippen LogP contribution is -2.45. The number of likely N-dealkylation sites (tertiary alicyclic amines) is 1. The van der Waals surface area contributed by atoms with E-state index >= 15 is 0 Å². The molecule has 0 bridgehead atoms. The van der Waals surface area contributed by atoms with E-state index < -0.39 is 0 Å². The van der Waals surface area contributed by atoms with E-state index in [0.717, 1.165) is 44.7 Å². The Bertz CT molecular complexity index is 477. The lowest BCUT2D eigenvalue weighted by molar-refractivity contribution is -0.138. The van der Waals surface area contributed by atoms with Crippen LogP contribution in [-0.2, 0) is 4.79 Å². The van der Waals surface area contributed by atoms with Gasteiger partial charge in [-0.15, -0.1) is 0 Å². The fourth-order valence-corrected chi connectivity index (χ4v) is 4.51. The van der Waals surface area contributed by atoms with Gasteiger partial charge < -0.3 is 20.4 Å². The van der Waals surface area contributed by atoms with Crippen LogP contribution in [0.5, 0.6) is 0 Å². The van der Waals surface area contributed by atoms with Crippen molar-refractivity contribution in [1.82, 2.24) is 20.4 Å². The van der Waals surface area contributed by atoms with Gasteiger partial charge in [-0.3, -0.25) is 9.79 Å². The van der Waals surface area contributed by atoms with Gasteiger partial charge in [-0.2, -0.15) is 0 Å². The lowest BCUT2D eigenvalue weighted by atomic mass is 9.85. The molecular formula is C21H41N5O. The monoisotopic (exact) mass is 379 g/mol. The summed E-state index contributed by atoms with van der Waals surface area (Å²) in [6.07, 6.45) is 7.95. The summed E-state index contributed by atoms with van der Waals surface area (Å²) >= 11 is 0. The van der Waals surface area contributed by atoms with Gasteiger partial charge >= 0.3 is 0 Å². The van der Waals surface area contributed by atoms with Crippen LogP contribution in [0.3, 0.4) is 0 Å². The number of nitrogens with zero attached hydrogens (tertiary/aromatic N) is 3. The first kappa shape index (κ1) is 22.0. The second-order valence-electron chi connectivity index (χ2n) is 8.55. The first-order valence-electron chi connectivity index (χ1n) is 11.0. The fraction of sp³-hybridized carbons (Fsp3) is 0.905. The zero-order valence-corrected chi connectivity index (χ0v) is 18.0. The van der Waals surface area contributed by atoms with Crippen molar-refractivity contribution in [3.63, 3.8) is 0 Å². The summed E-state index contributed by atoms with van der Waals surface area (Å²) in [5, 5.41) is 6.91. The first-order chi connectivity index (χ1) is 13.0. The van der Waals surface area contributed by atoms with Gasteiger partial charge in [0.1, 0.15) is 0 Å².